The molecule has 46 valence electrons. The fourth-order valence-electron chi connectivity index (χ4n) is 0.446. The number of ketones is 1. The molecule has 0 N–H and O–H groups in total. The van der Waals surface area contributed by atoms with Gasteiger partial charge in [-0.1, -0.05) is 0 Å². The van der Waals surface area contributed by atoms with Gasteiger partial charge in [0.15, 0.2) is 17.9 Å². The van der Waals surface area contributed by atoms with Crippen LogP contribution >= 0.6 is 0 Å². The average Bonchev–Trinajstić information content (AvgIpc) is 1.90. The molecule has 0 aromatic carbocycles. The maximum atomic E-state index is 10.4. The van der Waals surface area contributed by atoms with E-state index < -0.39 is 0 Å². The minimum Gasteiger partial charge on any atom is -0.294 e. The highest BCUT2D eigenvalue weighted by Gasteiger charge is 2.03. The summed E-state index contributed by atoms with van der Waals surface area (Å²) in [7, 11) is 0. The number of amidine groups is 1. The number of carbonyl (C=O) groups excluding carboxylic acids is 2. The molecule has 0 amide bonds. The van der Waals surface area contributed by atoms with Gasteiger partial charge in [-0.05, 0) is 0 Å². The molecule has 0 aliphatic carbocycles. The molecular formula is C5H4N2O2. The standard InChI is InChI=1S/C5H4N2O2/c8-3-5-6-1-4(9)2-7-5/h1,3H,2H2. The Kier molecular flexibility index (Phi) is 1.48. The molecule has 0 saturated heterocycles. The van der Waals surface area contributed by atoms with Gasteiger partial charge in [-0.3, -0.25) is 14.6 Å². The molecule has 0 spiro atoms. The van der Waals surface area contributed by atoms with E-state index in [9.17, 15) is 9.59 Å². The largest absolute Gasteiger partial charge is 0.294 e. The fraction of sp³-hybridized carbons (Fsp3) is 0.200. The molecule has 1 rings (SSSR count). The van der Waals surface area contributed by atoms with Crippen molar-refractivity contribution in [3.8, 4) is 0 Å². The molecule has 0 aromatic heterocycles. The molecule has 9 heavy (non-hydrogen) atoms. The van der Waals surface area contributed by atoms with Crippen LogP contribution in [0.1, 0.15) is 0 Å². The quantitative estimate of drug-likeness (QED) is 0.431. The van der Waals surface area contributed by atoms with E-state index in [-0.39, 0.29) is 18.2 Å². The summed E-state index contributed by atoms with van der Waals surface area (Å²) in [6, 6.07) is 0. The van der Waals surface area contributed by atoms with Crippen LogP contribution in [-0.2, 0) is 9.59 Å². The Bertz CT molecular complexity index is 205. The number of aliphatic imine (C=N–C) groups is 2. The van der Waals surface area contributed by atoms with Gasteiger partial charge in [-0.2, -0.15) is 0 Å². The molecule has 1 aliphatic heterocycles. The molecule has 0 atom stereocenters. The summed E-state index contributed by atoms with van der Waals surface area (Å²) >= 11 is 0. The third kappa shape index (κ3) is 1.28. The maximum Gasteiger partial charge on any atom is 0.195 e. The minimum absolute atomic E-state index is 0.0531. The van der Waals surface area contributed by atoms with Gasteiger partial charge in [-0.25, -0.2) is 4.99 Å². The van der Waals surface area contributed by atoms with Gasteiger partial charge in [0.1, 0.15) is 6.54 Å². The Morgan fingerprint density at radius 3 is 2.89 bits per heavy atom. The van der Waals surface area contributed by atoms with Crippen LogP contribution in [0.3, 0.4) is 0 Å². The van der Waals surface area contributed by atoms with Crippen molar-refractivity contribution in [1.29, 1.82) is 0 Å². The van der Waals surface area contributed by atoms with E-state index in [1.165, 1.54) is 0 Å². The number of rotatable bonds is 1. The van der Waals surface area contributed by atoms with Crippen molar-refractivity contribution in [2.24, 2.45) is 9.98 Å². The zero-order valence-electron chi connectivity index (χ0n) is 4.57. The lowest BCUT2D eigenvalue weighted by Gasteiger charge is -1.94. The molecule has 0 aromatic rings. The number of Topliss-reactive ketones (excluding diaryl/α,β-unsaturated/α-hetero) is 1. The van der Waals surface area contributed by atoms with Crippen molar-refractivity contribution in [2.75, 3.05) is 6.54 Å². The van der Waals surface area contributed by atoms with Crippen LogP contribution in [0.25, 0.3) is 0 Å². The third-order valence-electron chi connectivity index (χ3n) is 0.843. The number of nitrogens with zero attached hydrogens (tertiary/aromatic N) is 2. The second-order valence-electron chi connectivity index (χ2n) is 1.52. The van der Waals surface area contributed by atoms with E-state index in [0.717, 1.165) is 6.21 Å². The van der Waals surface area contributed by atoms with Crippen LogP contribution in [0.5, 0.6) is 0 Å². The van der Waals surface area contributed by atoms with Crippen LogP contribution in [-0.4, -0.2) is 30.7 Å². The van der Waals surface area contributed by atoms with E-state index in [1.807, 2.05) is 0 Å². The first-order valence-corrected chi connectivity index (χ1v) is 2.39. The molecule has 0 fully saturated rings. The summed E-state index contributed by atoms with van der Waals surface area (Å²) in [5.74, 6) is -0.0739. The lowest BCUT2D eigenvalue weighted by Crippen LogP contribution is -2.13. The summed E-state index contributed by atoms with van der Waals surface area (Å²) in [5, 5.41) is 0. The van der Waals surface area contributed by atoms with Gasteiger partial charge in [0.2, 0.25) is 0 Å². The lowest BCUT2D eigenvalue weighted by molar-refractivity contribution is -0.111. The molecule has 0 unspecified atom stereocenters. The highest BCUT2D eigenvalue weighted by atomic mass is 16.1. The zero-order valence-corrected chi connectivity index (χ0v) is 4.57. The zero-order chi connectivity index (χ0) is 6.69. The summed E-state index contributed by atoms with van der Waals surface area (Å²) in [6.07, 6.45) is 1.62. The average molecular weight is 124 g/mol. The van der Waals surface area contributed by atoms with Crippen molar-refractivity contribution < 1.29 is 9.59 Å². The molecule has 4 nitrogen and oxygen atoms in total. The predicted octanol–water partition coefficient (Wildman–Crippen LogP) is -0.763. The van der Waals surface area contributed by atoms with Crippen LogP contribution in [0.2, 0.25) is 0 Å². The second kappa shape index (κ2) is 2.30. The highest BCUT2D eigenvalue weighted by molar-refractivity contribution is 6.39. The SMILES string of the molecule is O=CC1=NCC(=O)C=N1. The first kappa shape index (κ1) is 5.81. The topological polar surface area (TPSA) is 58.9 Å². The molecule has 0 radical (unpaired) electrons. The monoisotopic (exact) mass is 124 g/mol. The Morgan fingerprint density at radius 2 is 2.44 bits per heavy atom. The molecule has 1 aliphatic rings. The fourth-order valence-corrected chi connectivity index (χ4v) is 0.446. The number of carbonyl (C=O) groups is 2. The third-order valence-corrected chi connectivity index (χ3v) is 0.843. The van der Waals surface area contributed by atoms with Gasteiger partial charge in [0.25, 0.3) is 0 Å². The van der Waals surface area contributed by atoms with Gasteiger partial charge in [0, 0.05) is 0 Å². The van der Waals surface area contributed by atoms with Crippen LogP contribution in [0.15, 0.2) is 9.98 Å². The van der Waals surface area contributed by atoms with E-state index in [4.69, 9.17) is 0 Å². The maximum absolute atomic E-state index is 10.4. The van der Waals surface area contributed by atoms with E-state index >= 15 is 0 Å². The van der Waals surface area contributed by atoms with Crippen molar-refractivity contribution in [3.63, 3.8) is 0 Å². The molecule has 0 saturated carbocycles. The summed E-state index contributed by atoms with van der Waals surface area (Å²) in [6.45, 7) is 0.0531. The molecule has 1 heterocycles. The van der Waals surface area contributed by atoms with Gasteiger partial charge >= 0.3 is 0 Å². The highest BCUT2D eigenvalue weighted by Crippen LogP contribution is 1.85. The predicted molar refractivity (Wildman–Crippen MR) is 31.9 cm³/mol. The smallest absolute Gasteiger partial charge is 0.195 e. The van der Waals surface area contributed by atoms with Crippen molar-refractivity contribution in [3.05, 3.63) is 0 Å². The van der Waals surface area contributed by atoms with Gasteiger partial charge in [0.05, 0.1) is 6.21 Å². The first-order valence-electron chi connectivity index (χ1n) is 2.39. The Morgan fingerprint density at radius 1 is 1.67 bits per heavy atom. The van der Waals surface area contributed by atoms with Crippen molar-refractivity contribution >= 4 is 24.1 Å². The van der Waals surface area contributed by atoms with E-state index in [0.29, 0.717) is 6.29 Å². The first-order chi connectivity index (χ1) is 4.33. The van der Waals surface area contributed by atoms with Crippen LogP contribution in [0.4, 0.5) is 0 Å². The second-order valence-corrected chi connectivity index (χ2v) is 1.52. The van der Waals surface area contributed by atoms with E-state index in [1.54, 1.807) is 0 Å². The van der Waals surface area contributed by atoms with Crippen LogP contribution in [0, 0.1) is 0 Å². The van der Waals surface area contributed by atoms with Crippen molar-refractivity contribution in [1.82, 2.24) is 0 Å². The molecule has 0 bridgehead atoms. The normalized spacial score (nSPS) is 17.3. The Balaban J connectivity index is 2.73. The Labute approximate surface area is 51.3 Å². The Hall–Kier alpha value is -1.32. The van der Waals surface area contributed by atoms with Crippen molar-refractivity contribution in [2.45, 2.75) is 0 Å². The van der Waals surface area contributed by atoms with Crippen LogP contribution < -0.4 is 0 Å². The number of aldehydes is 1. The number of hydrogen-bond donors (Lipinski definition) is 0. The minimum atomic E-state index is -0.166. The van der Waals surface area contributed by atoms with E-state index in [2.05, 4.69) is 9.98 Å². The van der Waals surface area contributed by atoms with Gasteiger partial charge < -0.3 is 0 Å². The molecule has 4 heteroatoms. The summed E-state index contributed by atoms with van der Waals surface area (Å²) in [5.41, 5.74) is 0. The summed E-state index contributed by atoms with van der Waals surface area (Å²) < 4.78 is 0. The summed E-state index contributed by atoms with van der Waals surface area (Å²) in [4.78, 5) is 27.2. The molecular weight excluding hydrogens is 120 g/mol. The lowest BCUT2D eigenvalue weighted by atomic mass is 10.4. The number of hydrogen-bond acceptors (Lipinski definition) is 4. The van der Waals surface area contributed by atoms with Gasteiger partial charge in [-0.15, -0.1) is 0 Å².